The fourth-order valence-corrected chi connectivity index (χ4v) is 2.72. The van der Waals surface area contributed by atoms with Gasteiger partial charge in [0.1, 0.15) is 11.5 Å². The number of aromatic nitrogens is 2. The van der Waals surface area contributed by atoms with E-state index in [1.54, 1.807) is 6.07 Å². The Hall–Kier alpha value is -3.32. The molecule has 0 bridgehead atoms. The van der Waals surface area contributed by atoms with Crippen LogP contribution in [0.5, 0.6) is 11.5 Å². The molecule has 1 aliphatic rings. The van der Waals surface area contributed by atoms with Gasteiger partial charge < -0.3 is 20.1 Å². The van der Waals surface area contributed by atoms with Gasteiger partial charge in [0, 0.05) is 6.54 Å². The highest BCUT2D eigenvalue weighted by Gasteiger charge is 2.14. The van der Waals surface area contributed by atoms with E-state index < -0.39 is 0 Å². The molecule has 0 atom stereocenters. The van der Waals surface area contributed by atoms with E-state index in [1.807, 2.05) is 36.4 Å². The van der Waals surface area contributed by atoms with Gasteiger partial charge in [-0.25, -0.2) is 9.97 Å². The molecule has 2 heterocycles. The van der Waals surface area contributed by atoms with Crippen LogP contribution in [0.25, 0.3) is 0 Å². The molecule has 0 unspecified atom stereocenters. The molecule has 0 aliphatic carbocycles. The Morgan fingerprint density at radius 3 is 2.74 bits per heavy atom. The number of halogens is 1. The molecule has 1 amide bonds. The number of nitrogens with zero attached hydrogens (tertiary/aromatic N) is 2. The largest absolute Gasteiger partial charge is 0.454 e. The lowest BCUT2D eigenvalue weighted by Gasteiger charge is -2.08. The summed E-state index contributed by atoms with van der Waals surface area (Å²) in [5.41, 5.74) is 1.84. The van der Waals surface area contributed by atoms with Gasteiger partial charge in [-0.1, -0.05) is 29.8 Å². The summed E-state index contributed by atoms with van der Waals surface area (Å²) in [6.45, 7) is 0.562. The zero-order valence-corrected chi connectivity index (χ0v) is 14.9. The molecule has 8 heteroatoms. The summed E-state index contributed by atoms with van der Waals surface area (Å²) < 4.78 is 10.6. The number of ether oxygens (including phenoxy) is 2. The van der Waals surface area contributed by atoms with Crippen LogP contribution in [0.1, 0.15) is 16.1 Å². The third-order valence-electron chi connectivity index (χ3n) is 3.91. The van der Waals surface area contributed by atoms with Crippen LogP contribution < -0.4 is 20.1 Å². The van der Waals surface area contributed by atoms with Crippen LogP contribution in [0.3, 0.4) is 0 Å². The van der Waals surface area contributed by atoms with Crippen molar-refractivity contribution >= 4 is 29.0 Å². The molecule has 2 aromatic carbocycles. The first kappa shape index (κ1) is 17.1. The minimum absolute atomic E-state index is 0.218. The van der Waals surface area contributed by atoms with Crippen molar-refractivity contribution in [3.8, 4) is 11.5 Å². The van der Waals surface area contributed by atoms with Crippen LogP contribution in [-0.2, 0) is 6.54 Å². The molecule has 0 fully saturated rings. The van der Waals surface area contributed by atoms with Crippen LogP contribution in [0.4, 0.5) is 11.5 Å². The van der Waals surface area contributed by atoms with E-state index >= 15 is 0 Å². The van der Waals surface area contributed by atoms with Gasteiger partial charge in [-0.15, -0.1) is 0 Å². The van der Waals surface area contributed by atoms with Gasteiger partial charge in [0.15, 0.2) is 11.5 Å². The molecule has 0 saturated heterocycles. The molecule has 7 nitrogen and oxygen atoms in total. The van der Waals surface area contributed by atoms with Gasteiger partial charge in [-0.3, -0.25) is 4.79 Å². The maximum atomic E-state index is 12.3. The minimum Gasteiger partial charge on any atom is -0.454 e. The predicted octanol–water partition coefficient (Wildman–Crippen LogP) is 3.53. The number of carbonyl (C=O) groups excluding carboxylic acids is 1. The third kappa shape index (κ3) is 3.93. The molecule has 1 aliphatic heterocycles. The number of amides is 1. The van der Waals surface area contributed by atoms with E-state index in [9.17, 15) is 4.79 Å². The van der Waals surface area contributed by atoms with Crippen LogP contribution in [0, 0.1) is 0 Å². The number of anilines is 2. The topological polar surface area (TPSA) is 85.4 Å². The highest BCUT2D eigenvalue weighted by Crippen LogP contribution is 2.32. The third-order valence-corrected chi connectivity index (χ3v) is 4.24. The van der Waals surface area contributed by atoms with Crippen LogP contribution in [-0.4, -0.2) is 22.7 Å². The number of nitrogens with one attached hydrogen (secondary N) is 2. The summed E-state index contributed by atoms with van der Waals surface area (Å²) >= 11 is 6.10. The smallest absolute Gasteiger partial charge is 0.271 e. The summed E-state index contributed by atoms with van der Waals surface area (Å²) in [7, 11) is 0. The fraction of sp³-hybridized carbons (Fsp3) is 0.105. The number of fused-ring (bicyclic) bond motifs is 1. The zero-order chi connectivity index (χ0) is 18.6. The molecule has 136 valence electrons. The SMILES string of the molecule is O=C(NCc1ccc2c(c1)OCO2)c1cnc(Nc2ccccc2Cl)cn1. The molecular weight excluding hydrogens is 368 g/mol. The summed E-state index contributed by atoms with van der Waals surface area (Å²) in [5, 5.41) is 6.44. The lowest BCUT2D eigenvalue weighted by molar-refractivity contribution is 0.0945. The maximum absolute atomic E-state index is 12.3. The molecule has 0 saturated carbocycles. The van der Waals surface area contributed by atoms with Crippen molar-refractivity contribution in [1.82, 2.24) is 15.3 Å². The molecule has 0 radical (unpaired) electrons. The fourth-order valence-electron chi connectivity index (χ4n) is 2.53. The van der Waals surface area contributed by atoms with Crippen molar-refractivity contribution in [2.24, 2.45) is 0 Å². The zero-order valence-electron chi connectivity index (χ0n) is 14.1. The average molecular weight is 383 g/mol. The van der Waals surface area contributed by atoms with Crippen molar-refractivity contribution in [2.45, 2.75) is 6.54 Å². The minimum atomic E-state index is -0.315. The molecule has 0 spiro atoms. The normalized spacial score (nSPS) is 11.9. The lowest BCUT2D eigenvalue weighted by atomic mass is 10.2. The van der Waals surface area contributed by atoms with Crippen molar-refractivity contribution < 1.29 is 14.3 Å². The van der Waals surface area contributed by atoms with E-state index in [0.717, 1.165) is 5.56 Å². The standard InChI is InChI=1S/C19H15ClN4O3/c20-13-3-1-2-4-14(13)24-18-10-21-15(9-22-18)19(25)23-8-12-5-6-16-17(7-12)27-11-26-16/h1-7,9-10H,8,11H2,(H,22,24)(H,23,25). The molecule has 4 rings (SSSR count). The number of rotatable bonds is 5. The second kappa shape index (κ2) is 7.51. The molecular formula is C19H15ClN4O3. The van der Waals surface area contributed by atoms with Crippen LogP contribution in [0.15, 0.2) is 54.9 Å². The van der Waals surface area contributed by atoms with Gasteiger partial charge in [0.2, 0.25) is 6.79 Å². The second-order valence-electron chi connectivity index (χ2n) is 5.76. The van der Waals surface area contributed by atoms with Gasteiger partial charge in [0.05, 0.1) is 23.1 Å². The van der Waals surface area contributed by atoms with E-state index in [-0.39, 0.29) is 18.4 Å². The van der Waals surface area contributed by atoms with Gasteiger partial charge in [0.25, 0.3) is 5.91 Å². The van der Waals surface area contributed by atoms with Gasteiger partial charge in [-0.2, -0.15) is 0 Å². The van der Waals surface area contributed by atoms with E-state index in [1.165, 1.54) is 12.4 Å². The number of hydrogen-bond donors (Lipinski definition) is 2. The summed E-state index contributed by atoms with van der Waals surface area (Å²) in [5.74, 6) is 1.56. The van der Waals surface area contributed by atoms with Crippen molar-refractivity contribution in [1.29, 1.82) is 0 Å². The lowest BCUT2D eigenvalue weighted by Crippen LogP contribution is -2.24. The molecule has 1 aromatic heterocycles. The van der Waals surface area contributed by atoms with E-state index in [0.29, 0.717) is 34.6 Å². The summed E-state index contributed by atoms with van der Waals surface area (Å²) in [4.78, 5) is 20.6. The van der Waals surface area contributed by atoms with Crippen molar-refractivity contribution in [3.05, 3.63) is 71.1 Å². The van der Waals surface area contributed by atoms with Gasteiger partial charge >= 0.3 is 0 Å². The van der Waals surface area contributed by atoms with Crippen LogP contribution >= 0.6 is 11.6 Å². The van der Waals surface area contributed by atoms with Gasteiger partial charge in [-0.05, 0) is 29.8 Å². The molecule has 2 N–H and O–H groups in total. The Labute approximate surface area is 160 Å². The van der Waals surface area contributed by atoms with Crippen molar-refractivity contribution in [3.63, 3.8) is 0 Å². The van der Waals surface area contributed by atoms with E-state index in [2.05, 4.69) is 20.6 Å². The Bertz CT molecular complexity index is 979. The highest BCUT2D eigenvalue weighted by atomic mass is 35.5. The average Bonchev–Trinajstić information content (AvgIpc) is 3.16. The molecule has 3 aromatic rings. The van der Waals surface area contributed by atoms with Crippen LogP contribution in [0.2, 0.25) is 5.02 Å². The first-order chi connectivity index (χ1) is 13.2. The summed E-state index contributed by atoms with van der Waals surface area (Å²) in [6.07, 6.45) is 2.90. The maximum Gasteiger partial charge on any atom is 0.271 e. The first-order valence-electron chi connectivity index (χ1n) is 8.19. The predicted molar refractivity (Wildman–Crippen MR) is 101 cm³/mol. The van der Waals surface area contributed by atoms with E-state index in [4.69, 9.17) is 21.1 Å². The molecule has 27 heavy (non-hydrogen) atoms. The Kier molecular flexibility index (Phi) is 4.76. The Morgan fingerprint density at radius 1 is 1.07 bits per heavy atom. The quantitative estimate of drug-likeness (QED) is 0.702. The second-order valence-corrected chi connectivity index (χ2v) is 6.17. The summed E-state index contributed by atoms with van der Waals surface area (Å²) in [6, 6.07) is 12.8. The number of para-hydroxylation sites is 1. The number of carbonyl (C=O) groups is 1. The number of benzene rings is 2. The monoisotopic (exact) mass is 382 g/mol. The number of hydrogen-bond acceptors (Lipinski definition) is 6. The Morgan fingerprint density at radius 2 is 1.93 bits per heavy atom. The highest BCUT2D eigenvalue weighted by molar-refractivity contribution is 6.33. The van der Waals surface area contributed by atoms with Crippen molar-refractivity contribution in [2.75, 3.05) is 12.1 Å². The Balaban J connectivity index is 1.37. The first-order valence-corrected chi connectivity index (χ1v) is 8.57.